The van der Waals surface area contributed by atoms with E-state index in [1.165, 1.54) is 27.7 Å². The van der Waals surface area contributed by atoms with Crippen LogP contribution in [0.5, 0.6) is 69.0 Å². The number of phenolic OH excluding ortho intramolecular Hbond substituents is 8. The van der Waals surface area contributed by atoms with E-state index in [-0.39, 0.29) is 165 Å². The largest absolute Gasteiger partial charge is 0.507 e. The van der Waals surface area contributed by atoms with Crippen LogP contribution < -0.4 is 18.1 Å². The van der Waals surface area contributed by atoms with Gasteiger partial charge in [0, 0.05) is 182 Å². The predicted octanol–water partition coefficient (Wildman–Crippen LogP) is 18.3. The van der Waals surface area contributed by atoms with Gasteiger partial charge in [-0.05, 0) is 76.2 Å². The first kappa shape index (κ1) is 75.9. The molecule has 4 aliphatic heterocycles. The number of aromatic hydroxyl groups is 8. The van der Waals surface area contributed by atoms with Crippen molar-refractivity contribution in [1.82, 2.24) is 0 Å². The van der Waals surface area contributed by atoms with Gasteiger partial charge in [0.05, 0.1) is 52.9 Å². The van der Waals surface area contributed by atoms with E-state index in [2.05, 4.69) is 0 Å². The second kappa shape index (κ2) is 28.0. The van der Waals surface area contributed by atoms with Gasteiger partial charge in [-0.2, -0.15) is 0 Å². The van der Waals surface area contributed by atoms with Crippen LogP contribution in [-0.4, -0.2) is 93.7 Å². The Labute approximate surface area is 625 Å². The molecule has 552 valence electrons. The van der Waals surface area contributed by atoms with Crippen molar-refractivity contribution in [3.63, 3.8) is 0 Å². The summed E-state index contributed by atoms with van der Waals surface area (Å²) in [4.78, 5) is 0. The Morgan fingerprint density at radius 3 is 0.567 bits per heavy atom. The third-order valence-electron chi connectivity index (χ3n) is 19.4. The Morgan fingerprint density at radius 1 is 0.269 bits per heavy atom. The van der Waals surface area contributed by atoms with Crippen LogP contribution in [0.2, 0.25) is 0 Å². The van der Waals surface area contributed by atoms with E-state index < -0.39 is 118 Å². The molecule has 0 unspecified atom stereocenters. The standard InChI is InChI=1S/C76H84O20P4S4/c1-41-65(77)49-29-50(66(41)78)62(46-22-14-18-26-58(46)94-98(102)87-35-74(7,8)36-88-98)52-31-54(70(82)43(3)68(52)80)64(48-24-16-20-28-60(48)96-100(104)91-39-76(11,12)40-92-100)56-32-55(71(83)44(4)72(56)84)63(47-23-15-19-27-59(47)95-99(103)89-37-75(9,10)38-90-99)53-30-51(67(79)42(2)69(53)81)61(49)45-21-13-17-25-57(45)93-97(101)85-33-73(5,6)34-86-97/h13-32,61-64,77-84H,33-40H2,1-12H3. The first-order valence-corrected chi connectivity index (χ1v) is 44.0. The van der Waals surface area contributed by atoms with E-state index in [4.69, 9.17) is 102 Å². The molecule has 28 heteroatoms. The fourth-order valence-electron chi connectivity index (χ4n) is 13.4. The highest BCUT2D eigenvalue weighted by Gasteiger charge is 2.45. The smallest absolute Gasteiger partial charge is 0.380 e. The number of fused-ring (bicyclic) bond motifs is 8. The molecule has 4 fully saturated rings. The fourth-order valence-corrected chi connectivity index (χ4v) is 22.1. The minimum atomic E-state index is -3.65. The number of rotatable bonds is 12. The van der Waals surface area contributed by atoms with Crippen LogP contribution in [0.1, 0.15) is 168 Å². The van der Waals surface area contributed by atoms with Crippen molar-refractivity contribution < 1.29 is 95.1 Å². The quantitative estimate of drug-likeness (QED) is 0.0528. The molecule has 0 aromatic heterocycles. The molecule has 4 saturated heterocycles. The van der Waals surface area contributed by atoms with Gasteiger partial charge in [-0.25, -0.2) is 0 Å². The lowest BCUT2D eigenvalue weighted by Crippen LogP contribution is -2.30. The molecule has 1 aliphatic carbocycles. The van der Waals surface area contributed by atoms with Crippen LogP contribution in [0.4, 0.5) is 0 Å². The Bertz CT molecular complexity index is 4200. The molecule has 104 heavy (non-hydrogen) atoms. The third kappa shape index (κ3) is 14.7. The summed E-state index contributed by atoms with van der Waals surface area (Å²) in [5, 5.41) is 107. The molecular formula is C76H84O20P4S4. The first-order valence-electron chi connectivity index (χ1n) is 33.7. The second-order valence-corrected chi connectivity index (χ2v) is 42.1. The van der Waals surface area contributed by atoms with Gasteiger partial charge in [-0.3, -0.25) is 36.2 Å². The Kier molecular flexibility index (Phi) is 20.4. The van der Waals surface area contributed by atoms with Crippen molar-refractivity contribution >= 4 is 74.1 Å². The zero-order valence-corrected chi connectivity index (χ0v) is 66.3. The van der Waals surface area contributed by atoms with Crippen molar-refractivity contribution in [2.75, 3.05) is 52.9 Å². The molecule has 0 amide bonds. The number of benzene rings is 8. The SMILES string of the molecule is Cc1c(O)c2cc(c1O)C(c1ccccc1OP1(=S)OCC(C)(C)CO1)c1cc(c(O)c(C)c1O)C(c1ccccc1OP1(=S)OCC(C)(C)CO1)c1cc(c(O)c(C)c1O)C(c1ccccc1OP1(=S)OCC(C)(C)CO1)c1cc(c(O)c(C)c1O)C2c1ccccc1OP1(=S)OCC(C)(C)CO1. The van der Waals surface area contributed by atoms with Crippen LogP contribution in [0, 0.1) is 49.4 Å². The summed E-state index contributed by atoms with van der Waals surface area (Å²) in [5.41, 5.74) is -0.949. The summed E-state index contributed by atoms with van der Waals surface area (Å²) in [6, 6.07) is 33.3. The monoisotopic (exact) mass is 1570 g/mol. The Hall–Kier alpha value is -6.36. The number of hydrogen-bond acceptors (Lipinski definition) is 24. The van der Waals surface area contributed by atoms with E-state index in [1.807, 2.05) is 55.4 Å². The molecule has 8 bridgehead atoms. The van der Waals surface area contributed by atoms with Crippen LogP contribution in [0.25, 0.3) is 0 Å². The molecule has 0 saturated carbocycles. The van der Waals surface area contributed by atoms with Gasteiger partial charge in [0.1, 0.15) is 69.0 Å². The summed E-state index contributed by atoms with van der Waals surface area (Å²) >= 11 is 24.5. The maximum Gasteiger partial charge on any atom is 0.380 e. The lowest BCUT2D eigenvalue weighted by molar-refractivity contribution is 0.0404. The minimum absolute atomic E-state index is 0.0131. The molecule has 0 spiro atoms. The highest BCUT2D eigenvalue weighted by Crippen LogP contribution is 2.65. The zero-order chi connectivity index (χ0) is 74.8. The van der Waals surface area contributed by atoms with Crippen LogP contribution in [0.3, 0.4) is 0 Å². The lowest BCUT2D eigenvalue weighted by atomic mass is 9.73. The maximum atomic E-state index is 13.3. The predicted molar refractivity (Wildman–Crippen MR) is 410 cm³/mol. The van der Waals surface area contributed by atoms with E-state index in [9.17, 15) is 40.9 Å². The topological polar surface area (TPSA) is 273 Å². The molecule has 4 heterocycles. The van der Waals surface area contributed by atoms with Gasteiger partial charge < -0.3 is 58.9 Å². The number of para-hydroxylation sites is 4. The maximum absolute atomic E-state index is 13.3. The van der Waals surface area contributed by atoms with Gasteiger partial charge >= 0.3 is 26.9 Å². The van der Waals surface area contributed by atoms with Gasteiger partial charge in [0.15, 0.2) is 0 Å². The molecule has 8 N–H and O–H groups in total. The molecule has 5 aliphatic rings. The van der Waals surface area contributed by atoms with Crippen LogP contribution >= 0.6 is 26.9 Å². The molecule has 0 radical (unpaired) electrons. The van der Waals surface area contributed by atoms with Crippen molar-refractivity contribution in [3.05, 3.63) is 210 Å². The van der Waals surface area contributed by atoms with Crippen molar-refractivity contribution in [3.8, 4) is 69.0 Å². The minimum Gasteiger partial charge on any atom is -0.507 e. The van der Waals surface area contributed by atoms with Crippen molar-refractivity contribution in [2.24, 2.45) is 21.7 Å². The highest BCUT2D eigenvalue weighted by molar-refractivity contribution is 8.08. The molecule has 13 rings (SSSR count). The molecule has 8 aromatic carbocycles. The van der Waals surface area contributed by atoms with Gasteiger partial charge in [-0.1, -0.05) is 128 Å². The summed E-state index contributed by atoms with van der Waals surface area (Å²) in [6.45, 7) is 8.62. The summed E-state index contributed by atoms with van der Waals surface area (Å²) in [5.74, 6) is -9.10. The van der Waals surface area contributed by atoms with E-state index in [0.29, 0.717) is 0 Å². The Morgan fingerprint density at radius 2 is 0.413 bits per heavy atom. The average Bonchev–Trinajstić information content (AvgIpc) is 0.725. The van der Waals surface area contributed by atoms with Gasteiger partial charge in [-0.15, -0.1) is 0 Å². The summed E-state index contributed by atoms with van der Waals surface area (Å²) < 4.78 is 77.8. The molecule has 20 nitrogen and oxygen atoms in total. The molecule has 0 atom stereocenters. The van der Waals surface area contributed by atoms with E-state index in [1.54, 1.807) is 121 Å². The van der Waals surface area contributed by atoms with Crippen molar-refractivity contribution in [2.45, 2.75) is 107 Å². The van der Waals surface area contributed by atoms with E-state index in [0.717, 1.165) is 0 Å². The lowest BCUT2D eigenvalue weighted by Gasteiger charge is -2.37. The van der Waals surface area contributed by atoms with Crippen LogP contribution in [0.15, 0.2) is 121 Å². The van der Waals surface area contributed by atoms with Gasteiger partial charge in [0.25, 0.3) is 0 Å². The number of hydrogen-bond donors (Lipinski definition) is 8. The summed E-state index contributed by atoms with van der Waals surface area (Å²) in [7, 11) is 0. The molecular weight excluding hydrogens is 1480 g/mol. The second-order valence-electron chi connectivity index (χ2n) is 30.4. The normalized spacial score (nSPS) is 22.5. The Balaban J connectivity index is 1.19. The van der Waals surface area contributed by atoms with E-state index >= 15 is 0 Å². The average molecular weight is 1570 g/mol. The van der Waals surface area contributed by atoms with Gasteiger partial charge in [0.2, 0.25) is 0 Å². The zero-order valence-electron chi connectivity index (χ0n) is 59.4. The highest BCUT2D eigenvalue weighted by atomic mass is 32.5. The third-order valence-corrected chi connectivity index (χ3v) is 28.1. The van der Waals surface area contributed by atoms with Crippen LogP contribution in [-0.2, 0) is 83.4 Å². The fraction of sp³-hybridized carbons (Fsp3) is 0.368. The first-order chi connectivity index (χ1) is 48.8. The number of phenols is 8. The van der Waals surface area contributed by atoms with Crippen molar-refractivity contribution in [1.29, 1.82) is 0 Å². The molecule has 8 aromatic rings. The summed E-state index contributed by atoms with van der Waals surface area (Å²) in [6.07, 6.45) is 0.